The summed E-state index contributed by atoms with van der Waals surface area (Å²) in [5.41, 5.74) is 1.47. The van der Waals surface area contributed by atoms with Gasteiger partial charge in [0.25, 0.3) is 0 Å². The maximum Gasteiger partial charge on any atom is 0.227 e. The summed E-state index contributed by atoms with van der Waals surface area (Å²) in [4.78, 5) is 15.5. The lowest BCUT2D eigenvalue weighted by Crippen LogP contribution is -2.41. The molecule has 5 heteroatoms. The number of nitrogens with one attached hydrogen (secondary N) is 3. The highest BCUT2D eigenvalue weighted by Gasteiger charge is 2.32. The molecule has 1 aromatic heterocycles. The van der Waals surface area contributed by atoms with Crippen LogP contribution in [0.3, 0.4) is 0 Å². The van der Waals surface area contributed by atoms with Gasteiger partial charge < -0.3 is 20.7 Å². The van der Waals surface area contributed by atoms with Crippen molar-refractivity contribution in [3.8, 4) is 5.75 Å². The third-order valence-electron chi connectivity index (χ3n) is 3.78. The van der Waals surface area contributed by atoms with Crippen molar-refractivity contribution in [2.75, 3.05) is 12.0 Å². The highest BCUT2D eigenvalue weighted by molar-refractivity contribution is 5.93. The van der Waals surface area contributed by atoms with Crippen molar-refractivity contribution >= 4 is 22.5 Å². The average molecular weight is 317 g/mol. The Balaban J connectivity index is 1.96. The number of amides is 1. The Morgan fingerprint density at radius 1 is 1.22 bits per heavy atom. The van der Waals surface area contributed by atoms with Gasteiger partial charge in [0.05, 0.1) is 12.4 Å². The molecule has 0 aliphatic heterocycles. The van der Waals surface area contributed by atoms with Crippen LogP contribution < -0.4 is 10.6 Å². The number of fused-ring (bicyclic) bond motifs is 1. The topological polar surface area (TPSA) is 77.2 Å². The van der Waals surface area contributed by atoms with Crippen LogP contribution in [0, 0.1) is 10.8 Å². The first-order valence-corrected chi connectivity index (χ1v) is 7.91. The SMILES string of the molecule is CC(C)(C)CC(C)(C)C(=O)NCNc1c[nH]c2ccc(O)cc12. The summed E-state index contributed by atoms with van der Waals surface area (Å²) in [5.74, 6) is 0.248. The van der Waals surface area contributed by atoms with Crippen molar-refractivity contribution in [3.05, 3.63) is 24.4 Å². The summed E-state index contributed by atoms with van der Waals surface area (Å²) in [5, 5.41) is 16.6. The number of H-pyrrole nitrogens is 1. The Morgan fingerprint density at radius 3 is 2.57 bits per heavy atom. The second kappa shape index (κ2) is 6.14. The van der Waals surface area contributed by atoms with Gasteiger partial charge in [0.15, 0.2) is 0 Å². The molecule has 1 aromatic carbocycles. The third-order valence-corrected chi connectivity index (χ3v) is 3.78. The number of aromatic amines is 1. The Labute approximate surface area is 137 Å². The molecule has 0 saturated heterocycles. The van der Waals surface area contributed by atoms with Crippen molar-refractivity contribution in [2.24, 2.45) is 10.8 Å². The smallest absolute Gasteiger partial charge is 0.227 e. The zero-order valence-electron chi connectivity index (χ0n) is 14.6. The lowest BCUT2D eigenvalue weighted by atomic mass is 9.76. The molecule has 0 aliphatic rings. The zero-order chi connectivity index (χ0) is 17.3. The Kier molecular flexibility index (Phi) is 4.59. The van der Waals surface area contributed by atoms with Gasteiger partial charge in [0, 0.05) is 22.5 Å². The van der Waals surface area contributed by atoms with E-state index in [-0.39, 0.29) is 17.1 Å². The van der Waals surface area contributed by atoms with Crippen LogP contribution >= 0.6 is 0 Å². The summed E-state index contributed by atoms with van der Waals surface area (Å²) in [6, 6.07) is 5.15. The molecule has 2 rings (SSSR count). The molecule has 1 amide bonds. The van der Waals surface area contributed by atoms with Gasteiger partial charge in [-0.15, -0.1) is 0 Å². The number of carbonyl (C=O) groups excluding carboxylic acids is 1. The predicted molar refractivity (Wildman–Crippen MR) is 94.4 cm³/mol. The van der Waals surface area contributed by atoms with E-state index in [0.29, 0.717) is 6.67 Å². The molecule has 23 heavy (non-hydrogen) atoms. The Hall–Kier alpha value is -2.17. The van der Waals surface area contributed by atoms with Crippen LogP contribution in [0.25, 0.3) is 10.9 Å². The van der Waals surface area contributed by atoms with Gasteiger partial charge in [0.1, 0.15) is 5.75 Å². The molecular formula is C18H27N3O2. The van der Waals surface area contributed by atoms with E-state index in [1.165, 1.54) is 0 Å². The molecule has 0 saturated carbocycles. The number of carbonyl (C=O) groups is 1. The maximum absolute atomic E-state index is 12.4. The average Bonchev–Trinajstić information content (AvgIpc) is 2.78. The van der Waals surface area contributed by atoms with E-state index in [0.717, 1.165) is 23.0 Å². The molecule has 1 heterocycles. The number of aromatic nitrogens is 1. The van der Waals surface area contributed by atoms with Crippen LogP contribution in [0.1, 0.15) is 41.0 Å². The highest BCUT2D eigenvalue weighted by atomic mass is 16.3. The number of hydrogen-bond acceptors (Lipinski definition) is 3. The predicted octanol–water partition coefficient (Wildman–Crippen LogP) is 3.82. The van der Waals surface area contributed by atoms with Crippen LogP contribution in [-0.4, -0.2) is 22.7 Å². The first-order chi connectivity index (χ1) is 10.6. The zero-order valence-corrected chi connectivity index (χ0v) is 14.6. The molecule has 2 aromatic rings. The summed E-state index contributed by atoms with van der Waals surface area (Å²) in [6.45, 7) is 10.7. The van der Waals surface area contributed by atoms with E-state index in [9.17, 15) is 9.90 Å². The molecule has 5 nitrogen and oxygen atoms in total. The number of hydrogen-bond donors (Lipinski definition) is 4. The first kappa shape index (κ1) is 17.2. The number of benzene rings is 1. The quantitative estimate of drug-likeness (QED) is 0.633. The second-order valence-electron chi connectivity index (χ2n) is 7.91. The van der Waals surface area contributed by atoms with Gasteiger partial charge >= 0.3 is 0 Å². The summed E-state index contributed by atoms with van der Waals surface area (Å²) >= 11 is 0. The minimum absolute atomic E-state index is 0.0302. The molecule has 0 radical (unpaired) electrons. The van der Waals surface area contributed by atoms with Gasteiger partial charge in [-0.1, -0.05) is 34.6 Å². The van der Waals surface area contributed by atoms with Crippen molar-refractivity contribution in [2.45, 2.75) is 41.0 Å². The van der Waals surface area contributed by atoms with Crippen LogP contribution in [0.2, 0.25) is 0 Å². The van der Waals surface area contributed by atoms with Crippen LogP contribution in [0.15, 0.2) is 24.4 Å². The second-order valence-corrected chi connectivity index (χ2v) is 7.91. The van der Waals surface area contributed by atoms with Crippen LogP contribution in [0.5, 0.6) is 5.75 Å². The molecule has 0 fully saturated rings. The van der Waals surface area contributed by atoms with E-state index in [1.807, 2.05) is 26.1 Å². The van der Waals surface area contributed by atoms with Gasteiger partial charge in [-0.3, -0.25) is 4.79 Å². The fourth-order valence-corrected chi connectivity index (χ4v) is 3.12. The first-order valence-electron chi connectivity index (χ1n) is 7.91. The summed E-state index contributed by atoms with van der Waals surface area (Å²) in [6.07, 6.45) is 2.64. The van der Waals surface area contributed by atoms with Crippen molar-refractivity contribution in [3.63, 3.8) is 0 Å². The number of phenols is 1. The molecule has 0 atom stereocenters. The van der Waals surface area contributed by atoms with Crippen LogP contribution in [-0.2, 0) is 4.79 Å². The summed E-state index contributed by atoms with van der Waals surface area (Å²) < 4.78 is 0. The minimum atomic E-state index is -0.418. The van der Waals surface area contributed by atoms with Gasteiger partial charge in [-0.25, -0.2) is 0 Å². The fraction of sp³-hybridized carbons (Fsp3) is 0.500. The van der Waals surface area contributed by atoms with E-state index in [2.05, 4.69) is 36.4 Å². The molecule has 0 unspecified atom stereocenters. The Bertz CT molecular complexity index is 696. The highest BCUT2D eigenvalue weighted by Crippen LogP contribution is 2.33. The van der Waals surface area contributed by atoms with E-state index in [4.69, 9.17) is 0 Å². The van der Waals surface area contributed by atoms with Gasteiger partial charge in [-0.2, -0.15) is 0 Å². The Morgan fingerprint density at radius 2 is 1.91 bits per heavy atom. The van der Waals surface area contributed by atoms with E-state index < -0.39 is 5.41 Å². The molecule has 4 N–H and O–H groups in total. The standard InChI is InChI=1S/C18H27N3O2/c1-17(2,3)10-18(4,5)16(23)21-11-20-15-9-19-14-7-6-12(22)8-13(14)15/h6-9,19-20,22H,10-11H2,1-5H3,(H,21,23). The monoisotopic (exact) mass is 317 g/mol. The molecular weight excluding hydrogens is 290 g/mol. The van der Waals surface area contributed by atoms with Crippen LogP contribution in [0.4, 0.5) is 5.69 Å². The summed E-state index contributed by atoms with van der Waals surface area (Å²) in [7, 11) is 0. The number of phenolic OH excluding ortho intramolecular Hbond substituents is 1. The fourth-order valence-electron chi connectivity index (χ4n) is 3.12. The van der Waals surface area contributed by atoms with Gasteiger partial charge in [-0.05, 0) is 30.0 Å². The number of rotatable bonds is 5. The van der Waals surface area contributed by atoms with E-state index >= 15 is 0 Å². The molecule has 0 aliphatic carbocycles. The number of anilines is 1. The molecule has 0 spiro atoms. The largest absolute Gasteiger partial charge is 0.508 e. The lowest BCUT2D eigenvalue weighted by Gasteiger charge is -2.31. The molecule has 126 valence electrons. The normalized spacial score (nSPS) is 12.4. The van der Waals surface area contributed by atoms with Crippen molar-refractivity contribution < 1.29 is 9.90 Å². The minimum Gasteiger partial charge on any atom is -0.508 e. The maximum atomic E-state index is 12.4. The lowest BCUT2D eigenvalue weighted by molar-refractivity contribution is -0.130. The molecule has 0 bridgehead atoms. The van der Waals surface area contributed by atoms with E-state index in [1.54, 1.807) is 12.1 Å². The van der Waals surface area contributed by atoms with Crippen molar-refractivity contribution in [1.29, 1.82) is 0 Å². The van der Waals surface area contributed by atoms with Gasteiger partial charge in [0.2, 0.25) is 5.91 Å². The van der Waals surface area contributed by atoms with Crippen molar-refractivity contribution in [1.82, 2.24) is 10.3 Å². The number of aromatic hydroxyl groups is 1. The third kappa shape index (κ3) is 4.41.